The second-order valence-electron chi connectivity index (χ2n) is 5.18. The van der Waals surface area contributed by atoms with Crippen LogP contribution in [0.25, 0.3) is 10.4 Å². The lowest BCUT2D eigenvalue weighted by molar-refractivity contribution is -0.387. The fourth-order valence-electron chi connectivity index (χ4n) is 2.31. The van der Waals surface area contributed by atoms with Crippen LogP contribution in [-0.4, -0.2) is 18.3 Å². The van der Waals surface area contributed by atoms with Crippen LogP contribution in [0.3, 0.4) is 0 Å². The molecule has 0 fully saturated rings. The first-order valence-corrected chi connectivity index (χ1v) is 9.58. The Balaban J connectivity index is 2.10. The van der Waals surface area contributed by atoms with Gasteiger partial charge >= 0.3 is 10.1 Å². The third-order valence-corrected chi connectivity index (χ3v) is 5.68. The summed E-state index contributed by atoms with van der Waals surface area (Å²) in [5, 5.41) is 23.9. The molecule has 0 aliphatic rings. The Bertz CT molecular complexity index is 1130. The number of nitrogens with zero attached hydrogens (tertiary/aromatic N) is 2. The largest absolute Gasteiger partial charge is 0.378 e. The molecule has 0 spiro atoms. The van der Waals surface area contributed by atoms with Crippen LogP contribution in [0.2, 0.25) is 0 Å². The number of nitro groups is 2. The maximum atomic E-state index is 12.6. The Labute approximate surface area is 156 Å². The SMILES string of the molecule is O=[N+]([O-])c1ccc(OS(=O)(=O)c2ccccc2[N+](=O)[O-])c(-c2cccs2)c1. The van der Waals surface area contributed by atoms with Crippen LogP contribution in [0.4, 0.5) is 11.4 Å². The Hall–Kier alpha value is -3.31. The van der Waals surface area contributed by atoms with Crippen LogP contribution in [0.15, 0.2) is 64.9 Å². The molecule has 1 aromatic heterocycles. The van der Waals surface area contributed by atoms with Gasteiger partial charge in [-0.3, -0.25) is 20.2 Å². The van der Waals surface area contributed by atoms with Gasteiger partial charge in [0.05, 0.1) is 9.85 Å². The van der Waals surface area contributed by atoms with Crippen LogP contribution in [0, 0.1) is 20.2 Å². The summed E-state index contributed by atoms with van der Waals surface area (Å²) in [5.74, 6) is -0.166. The topological polar surface area (TPSA) is 130 Å². The smallest absolute Gasteiger partial charge is 0.346 e. The number of nitro benzene ring substituents is 2. The van der Waals surface area contributed by atoms with Crippen LogP contribution in [0.1, 0.15) is 0 Å². The van der Waals surface area contributed by atoms with Crippen LogP contribution >= 0.6 is 11.3 Å². The van der Waals surface area contributed by atoms with Crippen molar-refractivity contribution < 1.29 is 22.4 Å². The molecule has 1 heterocycles. The van der Waals surface area contributed by atoms with Crippen LogP contribution < -0.4 is 4.18 Å². The quantitative estimate of drug-likeness (QED) is 0.343. The van der Waals surface area contributed by atoms with Crippen molar-refractivity contribution in [1.29, 1.82) is 0 Å². The molecule has 27 heavy (non-hydrogen) atoms. The molecular formula is C16H10N2O7S2. The van der Waals surface area contributed by atoms with Gasteiger partial charge in [0.25, 0.3) is 11.4 Å². The minimum Gasteiger partial charge on any atom is -0.378 e. The second kappa shape index (κ2) is 7.13. The summed E-state index contributed by atoms with van der Waals surface area (Å²) in [4.78, 5) is 20.6. The summed E-state index contributed by atoms with van der Waals surface area (Å²) in [6.07, 6.45) is 0. The van der Waals surface area contributed by atoms with Gasteiger partial charge in [-0.15, -0.1) is 11.3 Å². The van der Waals surface area contributed by atoms with Gasteiger partial charge in [0.15, 0.2) is 10.6 Å². The highest BCUT2D eigenvalue weighted by molar-refractivity contribution is 7.87. The third-order valence-electron chi connectivity index (χ3n) is 3.49. The highest BCUT2D eigenvalue weighted by atomic mass is 32.2. The van der Waals surface area contributed by atoms with E-state index in [2.05, 4.69) is 0 Å². The zero-order chi connectivity index (χ0) is 19.6. The Morgan fingerprint density at radius 2 is 1.67 bits per heavy atom. The molecule has 0 saturated heterocycles. The first kappa shape index (κ1) is 18.5. The third kappa shape index (κ3) is 3.78. The maximum absolute atomic E-state index is 12.6. The van der Waals surface area contributed by atoms with Crippen molar-refractivity contribution >= 4 is 32.8 Å². The summed E-state index contributed by atoms with van der Waals surface area (Å²) in [5.41, 5.74) is -0.674. The van der Waals surface area contributed by atoms with Gasteiger partial charge in [-0.2, -0.15) is 8.42 Å². The van der Waals surface area contributed by atoms with Crippen LogP contribution in [-0.2, 0) is 10.1 Å². The Kier molecular flexibility index (Phi) is 4.88. The van der Waals surface area contributed by atoms with Crippen molar-refractivity contribution in [2.75, 3.05) is 0 Å². The molecule has 9 nitrogen and oxygen atoms in total. The summed E-state index contributed by atoms with van der Waals surface area (Å²) < 4.78 is 30.3. The maximum Gasteiger partial charge on any atom is 0.346 e. The highest BCUT2D eigenvalue weighted by Gasteiger charge is 2.28. The fraction of sp³-hybridized carbons (Fsp3) is 0. The van der Waals surface area contributed by atoms with Crippen molar-refractivity contribution in [3.05, 3.63) is 80.2 Å². The normalized spacial score (nSPS) is 11.1. The van der Waals surface area contributed by atoms with Gasteiger partial charge in [-0.05, 0) is 23.6 Å². The number of hydrogen-bond acceptors (Lipinski definition) is 8. The van der Waals surface area contributed by atoms with Crippen molar-refractivity contribution in [3.8, 4) is 16.2 Å². The Morgan fingerprint density at radius 1 is 0.926 bits per heavy atom. The molecule has 0 aliphatic carbocycles. The number of non-ortho nitro benzene ring substituents is 1. The molecule has 11 heteroatoms. The van der Waals surface area contributed by atoms with Crippen molar-refractivity contribution in [1.82, 2.24) is 0 Å². The van der Waals surface area contributed by atoms with E-state index < -0.39 is 30.5 Å². The Morgan fingerprint density at radius 3 is 2.30 bits per heavy atom. The summed E-state index contributed by atoms with van der Waals surface area (Å²) >= 11 is 1.23. The van der Waals surface area contributed by atoms with Crippen molar-refractivity contribution in [3.63, 3.8) is 0 Å². The molecule has 0 bridgehead atoms. The minimum atomic E-state index is -4.54. The molecule has 138 valence electrons. The minimum absolute atomic E-state index is 0.166. The van der Waals surface area contributed by atoms with E-state index in [9.17, 15) is 28.6 Å². The van der Waals surface area contributed by atoms with E-state index in [1.807, 2.05) is 0 Å². The lowest BCUT2D eigenvalue weighted by Gasteiger charge is -2.11. The first-order valence-electron chi connectivity index (χ1n) is 7.30. The fourth-order valence-corrected chi connectivity index (χ4v) is 4.17. The summed E-state index contributed by atoms with van der Waals surface area (Å²) in [6.45, 7) is 0. The molecule has 0 amide bonds. The van der Waals surface area contributed by atoms with E-state index in [0.717, 1.165) is 24.3 Å². The lowest BCUT2D eigenvalue weighted by atomic mass is 10.1. The van der Waals surface area contributed by atoms with Gasteiger partial charge in [-0.25, -0.2) is 0 Å². The molecule has 0 saturated carbocycles. The number of benzene rings is 2. The second-order valence-corrected chi connectivity index (χ2v) is 7.64. The van der Waals surface area contributed by atoms with Gasteiger partial charge in [0.2, 0.25) is 0 Å². The van der Waals surface area contributed by atoms with E-state index in [0.29, 0.717) is 4.88 Å². The molecular weight excluding hydrogens is 396 g/mol. The van der Waals surface area contributed by atoms with E-state index in [1.54, 1.807) is 17.5 Å². The summed E-state index contributed by atoms with van der Waals surface area (Å²) in [7, 11) is -4.54. The van der Waals surface area contributed by atoms with Gasteiger partial charge < -0.3 is 4.18 Å². The van der Waals surface area contributed by atoms with E-state index in [1.165, 1.54) is 29.5 Å². The predicted octanol–water partition coefficient (Wildman–Crippen LogP) is 4.00. The average molecular weight is 406 g/mol. The van der Waals surface area contributed by atoms with Gasteiger partial charge in [0.1, 0.15) is 0 Å². The molecule has 3 aromatic rings. The van der Waals surface area contributed by atoms with E-state index in [4.69, 9.17) is 4.18 Å². The van der Waals surface area contributed by atoms with Gasteiger partial charge in [0, 0.05) is 28.6 Å². The monoisotopic (exact) mass is 406 g/mol. The number of hydrogen-bond donors (Lipinski definition) is 0. The highest BCUT2D eigenvalue weighted by Crippen LogP contribution is 2.38. The number of para-hydroxylation sites is 1. The van der Waals surface area contributed by atoms with Crippen LogP contribution in [0.5, 0.6) is 5.75 Å². The molecule has 0 aliphatic heterocycles. The molecule has 0 unspecified atom stereocenters. The van der Waals surface area contributed by atoms with Crippen molar-refractivity contribution in [2.24, 2.45) is 0 Å². The van der Waals surface area contributed by atoms with Gasteiger partial charge in [-0.1, -0.05) is 18.2 Å². The van der Waals surface area contributed by atoms with E-state index >= 15 is 0 Å². The molecule has 0 atom stereocenters. The number of thiophene rings is 1. The molecule has 2 aromatic carbocycles. The molecule has 3 rings (SSSR count). The zero-order valence-corrected chi connectivity index (χ0v) is 15.0. The van der Waals surface area contributed by atoms with Crippen molar-refractivity contribution in [2.45, 2.75) is 4.90 Å². The molecule has 0 N–H and O–H groups in total. The average Bonchev–Trinajstić information content (AvgIpc) is 3.16. The summed E-state index contributed by atoms with van der Waals surface area (Å²) in [6, 6.07) is 11.6. The standard InChI is InChI=1S/C16H10N2O7S2/c19-17(20)11-7-8-14(12(10-11)15-5-3-9-26-15)25-27(23,24)16-6-2-1-4-13(16)18(21)22/h1-10H. The first-order chi connectivity index (χ1) is 12.8. The number of rotatable bonds is 6. The molecule has 0 radical (unpaired) electrons. The predicted molar refractivity (Wildman–Crippen MR) is 97.3 cm³/mol. The lowest BCUT2D eigenvalue weighted by Crippen LogP contribution is -2.12. The zero-order valence-electron chi connectivity index (χ0n) is 13.3. The van der Waals surface area contributed by atoms with E-state index in [-0.39, 0.29) is 17.0 Å².